The number of benzene rings is 1. The van der Waals surface area contributed by atoms with Crippen molar-refractivity contribution in [2.24, 2.45) is 5.73 Å². The first-order chi connectivity index (χ1) is 10.3. The van der Waals surface area contributed by atoms with E-state index in [1.54, 1.807) is 10.9 Å². The molecule has 2 heterocycles. The number of nitrogens with zero attached hydrogens (tertiary/aromatic N) is 4. The Bertz CT molecular complexity index is 680. The fourth-order valence-electron chi connectivity index (χ4n) is 1.97. The predicted molar refractivity (Wildman–Crippen MR) is 80.1 cm³/mol. The maximum Gasteiger partial charge on any atom is 0.214 e. The highest BCUT2D eigenvalue weighted by molar-refractivity contribution is 7.99. The average molecular weight is 301 g/mol. The molecule has 1 aromatic carbocycles. The first kappa shape index (κ1) is 13.8. The van der Waals surface area contributed by atoms with Gasteiger partial charge in [-0.15, -0.1) is 5.10 Å². The molecule has 2 N–H and O–H groups in total. The quantitative estimate of drug-likeness (QED) is 0.729. The molecule has 21 heavy (non-hydrogen) atoms. The smallest absolute Gasteiger partial charge is 0.214 e. The number of tetrazole rings is 1. The molecule has 2 atom stereocenters. The third-order valence-corrected chi connectivity index (χ3v) is 4.36. The summed E-state index contributed by atoms with van der Waals surface area (Å²) in [4.78, 5) is 0. The van der Waals surface area contributed by atoms with Crippen LogP contribution >= 0.6 is 11.8 Å². The van der Waals surface area contributed by atoms with E-state index < -0.39 is 0 Å². The van der Waals surface area contributed by atoms with Crippen molar-refractivity contribution in [3.63, 3.8) is 0 Å². The lowest BCUT2D eigenvalue weighted by Gasteiger charge is -2.17. The van der Waals surface area contributed by atoms with Crippen molar-refractivity contribution in [2.75, 3.05) is 0 Å². The van der Waals surface area contributed by atoms with E-state index in [0.29, 0.717) is 5.16 Å². The largest absolute Gasteiger partial charge is 0.468 e. The van der Waals surface area contributed by atoms with Crippen molar-refractivity contribution >= 4 is 11.8 Å². The summed E-state index contributed by atoms with van der Waals surface area (Å²) in [5.41, 5.74) is 6.98. The molecule has 0 saturated heterocycles. The fraction of sp³-hybridized carbons (Fsp3) is 0.214. The van der Waals surface area contributed by atoms with Crippen LogP contribution < -0.4 is 5.73 Å². The van der Waals surface area contributed by atoms with Gasteiger partial charge in [0.15, 0.2) is 0 Å². The molecule has 2 unspecified atom stereocenters. The second-order valence-electron chi connectivity index (χ2n) is 4.62. The first-order valence-corrected chi connectivity index (χ1v) is 7.43. The minimum Gasteiger partial charge on any atom is -0.468 e. The van der Waals surface area contributed by atoms with Gasteiger partial charge in [-0.1, -0.05) is 30.0 Å². The van der Waals surface area contributed by atoms with Gasteiger partial charge in [0.25, 0.3) is 0 Å². The van der Waals surface area contributed by atoms with E-state index in [0.717, 1.165) is 11.4 Å². The van der Waals surface area contributed by atoms with Gasteiger partial charge in [0.1, 0.15) is 5.76 Å². The Morgan fingerprint density at radius 3 is 2.67 bits per heavy atom. The number of para-hydroxylation sites is 1. The lowest BCUT2D eigenvalue weighted by molar-refractivity contribution is 0.486. The lowest BCUT2D eigenvalue weighted by Crippen LogP contribution is -2.22. The molecule has 0 saturated carbocycles. The normalized spacial score (nSPS) is 14.0. The molecule has 0 aliphatic heterocycles. The number of furan rings is 1. The Balaban J connectivity index is 1.90. The van der Waals surface area contributed by atoms with Gasteiger partial charge in [-0.2, -0.15) is 4.68 Å². The van der Waals surface area contributed by atoms with Crippen LogP contribution in [0.4, 0.5) is 0 Å². The summed E-state index contributed by atoms with van der Waals surface area (Å²) in [5.74, 6) is 0.817. The zero-order chi connectivity index (χ0) is 14.7. The highest BCUT2D eigenvalue weighted by Gasteiger charge is 2.23. The van der Waals surface area contributed by atoms with Crippen molar-refractivity contribution in [2.45, 2.75) is 23.4 Å². The summed E-state index contributed by atoms with van der Waals surface area (Å²) < 4.78 is 7.17. The molecule has 0 aliphatic carbocycles. The first-order valence-electron chi connectivity index (χ1n) is 6.55. The minimum absolute atomic E-state index is 0.0477. The van der Waals surface area contributed by atoms with Crippen LogP contribution in [0.3, 0.4) is 0 Å². The van der Waals surface area contributed by atoms with Crippen LogP contribution in [-0.2, 0) is 0 Å². The summed E-state index contributed by atoms with van der Waals surface area (Å²) in [6.45, 7) is 1.94. The maximum absolute atomic E-state index is 6.07. The molecule has 2 aromatic heterocycles. The lowest BCUT2D eigenvalue weighted by atomic mass is 10.2. The van der Waals surface area contributed by atoms with E-state index in [-0.39, 0.29) is 11.3 Å². The molecule has 3 rings (SSSR count). The third kappa shape index (κ3) is 2.98. The van der Waals surface area contributed by atoms with Gasteiger partial charge < -0.3 is 10.2 Å². The van der Waals surface area contributed by atoms with Crippen LogP contribution in [0.15, 0.2) is 58.3 Å². The molecule has 108 valence electrons. The molecule has 6 nitrogen and oxygen atoms in total. The molecular formula is C14H15N5OS. The monoisotopic (exact) mass is 301 g/mol. The summed E-state index contributed by atoms with van der Waals surface area (Å²) in [5, 5.41) is 12.5. The van der Waals surface area contributed by atoms with E-state index in [9.17, 15) is 0 Å². The summed E-state index contributed by atoms with van der Waals surface area (Å²) in [6, 6.07) is 13.4. The molecule has 0 amide bonds. The van der Waals surface area contributed by atoms with Gasteiger partial charge >= 0.3 is 0 Å². The Hall–Kier alpha value is -2.12. The van der Waals surface area contributed by atoms with E-state index in [4.69, 9.17) is 10.2 Å². The predicted octanol–water partition coefficient (Wildman–Crippen LogP) is 2.44. The zero-order valence-corrected chi connectivity index (χ0v) is 12.3. The number of nitrogens with two attached hydrogens (primary N) is 1. The molecule has 0 spiro atoms. The minimum atomic E-state index is -0.0953. The molecule has 3 aromatic rings. The van der Waals surface area contributed by atoms with Gasteiger partial charge in [0, 0.05) is 6.04 Å². The topological polar surface area (TPSA) is 82.8 Å². The van der Waals surface area contributed by atoms with Crippen LogP contribution in [0.2, 0.25) is 0 Å². The number of aromatic nitrogens is 4. The molecule has 0 bridgehead atoms. The number of hydrogen-bond donors (Lipinski definition) is 1. The Morgan fingerprint density at radius 1 is 1.19 bits per heavy atom. The van der Waals surface area contributed by atoms with Crippen molar-refractivity contribution in [3.8, 4) is 5.69 Å². The van der Waals surface area contributed by atoms with Crippen LogP contribution in [0.1, 0.15) is 17.9 Å². The van der Waals surface area contributed by atoms with Crippen molar-refractivity contribution in [1.82, 2.24) is 20.2 Å². The van der Waals surface area contributed by atoms with E-state index in [1.807, 2.05) is 49.4 Å². The van der Waals surface area contributed by atoms with Crippen LogP contribution in [0, 0.1) is 0 Å². The average Bonchev–Trinajstić information content (AvgIpc) is 3.17. The SMILES string of the molecule is CC(N)C(Sc1nnnn1-c1ccccc1)c1ccco1. The number of hydrogen-bond acceptors (Lipinski definition) is 6. The number of thioether (sulfide) groups is 1. The van der Waals surface area contributed by atoms with E-state index in [1.165, 1.54) is 11.8 Å². The molecule has 0 radical (unpaired) electrons. The summed E-state index contributed by atoms with van der Waals surface area (Å²) >= 11 is 1.49. The van der Waals surface area contributed by atoms with E-state index >= 15 is 0 Å². The van der Waals surface area contributed by atoms with Crippen LogP contribution in [0.25, 0.3) is 5.69 Å². The molecule has 7 heteroatoms. The number of rotatable bonds is 5. The van der Waals surface area contributed by atoms with Gasteiger partial charge in [-0.3, -0.25) is 0 Å². The van der Waals surface area contributed by atoms with Gasteiger partial charge in [-0.25, -0.2) is 0 Å². The van der Waals surface area contributed by atoms with Crippen LogP contribution in [-0.4, -0.2) is 26.2 Å². The highest BCUT2D eigenvalue weighted by atomic mass is 32.2. The van der Waals surface area contributed by atoms with E-state index in [2.05, 4.69) is 15.5 Å². The maximum atomic E-state index is 6.07. The van der Waals surface area contributed by atoms with Crippen molar-refractivity contribution < 1.29 is 4.42 Å². The Kier molecular flexibility index (Phi) is 4.03. The van der Waals surface area contributed by atoms with Crippen molar-refractivity contribution in [1.29, 1.82) is 0 Å². The molecular weight excluding hydrogens is 286 g/mol. The second kappa shape index (κ2) is 6.11. The second-order valence-corrected chi connectivity index (χ2v) is 5.73. The third-order valence-electron chi connectivity index (χ3n) is 2.98. The van der Waals surface area contributed by atoms with Gasteiger partial charge in [0.2, 0.25) is 5.16 Å². The van der Waals surface area contributed by atoms with Gasteiger partial charge in [0.05, 0.1) is 17.2 Å². The highest BCUT2D eigenvalue weighted by Crippen LogP contribution is 2.36. The standard InChI is InChI=1S/C14H15N5OS/c1-10(15)13(12-8-5-9-20-12)21-14-16-17-18-19(14)11-6-3-2-4-7-11/h2-10,13H,15H2,1H3. The molecule has 0 aliphatic rings. The summed E-state index contributed by atoms with van der Waals surface area (Å²) in [7, 11) is 0. The van der Waals surface area contributed by atoms with Crippen LogP contribution in [0.5, 0.6) is 0 Å². The molecule has 0 fully saturated rings. The fourth-order valence-corrected chi connectivity index (χ4v) is 2.99. The zero-order valence-electron chi connectivity index (χ0n) is 11.5. The summed E-state index contributed by atoms with van der Waals surface area (Å²) in [6.07, 6.45) is 1.64. The van der Waals surface area contributed by atoms with Crippen molar-refractivity contribution in [3.05, 3.63) is 54.5 Å². The Morgan fingerprint density at radius 2 is 2.00 bits per heavy atom. The van der Waals surface area contributed by atoms with Gasteiger partial charge in [-0.05, 0) is 41.6 Å². The Labute approximate surface area is 126 Å².